The quantitative estimate of drug-likeness (QED) is 0.678. The predicted octanol–water partition coefficient (Wildman–Crippen LogP) is 2.81. The Morgan fingerprint density at radius 1 is 1.15 bits per heavy atom. The van der Waals surface area contributed by atoms with Crippen LogP contribution < -0.4 is 5.73 Å². The number of hydrogen-bond acceptors (Lipinski definition) is 5. The second-order valence-electron chi connectivity index (χ2n) is 7.11. The zero-order valence-electron chi connectivity index (χ0n) is 14.8. The number of halogens is 2. The Morgan fingerprint density at radius 3 is 2.41 bits per heavy atom. The number of anilines is 1. The van der Waals surface area contributed by atoms with Crippen LogP contribution in [-0.4, -0.2) is 30.2 Å². The fourth-order valence-corrected chi connectivity index (χ4v) is 2.83. The Bertz CT molecular complexity index is 1100. The summed E-state index contributed by atoms with van der Waals surface area (Å²) in [5.41, 5.74) is 5.96. The normalized spacial score (nSPS) is 14.3. The molecule has 138 valence electrons. The average Bonchev–Trinajstić information content (AvgIpc) is 3.31. The number of fused-ring (bicyclic) bond motifs is 1. The largest absolute Gasteiger partial charge is 0.382 e. The standard InChI is InChI=1S/C19H17F2N5O/c1-19(2,27)6-5-14-23-16(22)15-18(24-14)26(13-3-4-13)17(25-15)10-7-11(20)9-12(21)8-10/h7-9,13,27H,3-4H2,1-2H3,(H2,22,23,24). The molecule has 0 atom stereocenters. The van der Waals surface area contributed by atoms with Crippen molar-refractivity contribution in [3.63, 3.8) is 0 Å². The molecule has 0 aliphatic heterocycles. The highest BCUT2D eigenvalue weighted by molar-refractivity contribution is 5.86. The maximum Gasteiger partial charge on any atom is 0.209 e. The Balaban J connectivity index is 1.95. The molecule has 4 rings (SSSR count). The maximum absolute atomic E-state index is 13.7. The van der Waals surface area contributed by atoms with Crippen LogP contribution >= 0.6 is 0 Å². The Labute approximate surface area is 154 Å². The van der Waals surface area contributed by atoms with Crippen LogP contribution in [0.2, 0.25) is 0 Å². The van der Waals surface area contributed by atoms with E-state index in [4.69, 9.17) is 5.73 Å². The molecule has 3 N–H and O–H groups in total. The first-order valence-electron chi connectivity index (χ1n) is 8.49. The van der Waals surface area contributed by atoms with Crippen LogP contribution in [0.15, 0.2) is 18.2 Å². The second-order valence-corrected chi connectivity index (χ2v) is 7.11. The molecule has 1 aliphatic carbocycles. The number of imidazole rings is 1. The highest BCUT2D eigenvalue weighted by Gasteiger charge is 2.30. The molecule has 1 aliphatic rings. The summed E-state index contributed by atoms with van der Waals surface area (Å²) in [6.07, 6.45) is 1.82. The van der Waals surface area contributed by atoms with Crippen molar-refractivity contribution in [1.29, 1.82) is 0 Å². The van der Waals surface area contributed by atoms with E-state index in [9.17, 15) is 13.9 Å². The molecule has 1 aromatic carbocycles. The molecule has 1 fully saturated rings. The molecule has 27 heavy (non-hydrogen) atoms. The van der Waals surface area contributed by atoms with Gasteiger partial charge in [-0.3, -0.25) is 0 Å². The molecule has 6 nitrogen and oxygen atoms in total. The molecule has 0 bridgehead atoms. The number of rotatable bonds is 2. The molecule has 0 saturated heterocycles. The minimum absolute atomic E-state index is 0.123. The van der Waals surface area contributed by atoms with E-state index in [0.29, 0.717) is 22.6 Å². The lowest BCUT2D eigenvalue weighted by Gasteiger charge is -2.08. The zero-order chi connectivity index (χ0) is 19.3. The molecule has 0 spiro atoms. The van der Waals surface area contributed by atoms with E-state index in [0.717, 1.165) is 18.9 Å². The molecule has 3 aromatic rings. The van der Waals surface area contributed by atoms with Gasteiger partial charge in [-0.05, 0) is 44.7 Å². The highest BCUT2D eigenvalue weighted by Crippen LogP contribution is 2.41. The summed E-state index contributed by atoms with van der Waals surface area (Å²) in [5.74, 6) is 4.65. The van der Waals surface area contributed by atoms with E-state index in [1.54, 1.807) is 13.8 Å². The van der Waals surface area contributed by atoms with Gasteiger partial charge in [0.25, 0.3) is 0 Å². The van der Waals surface area contributed by atoms with Gasteiger partial charge in [0.1, 0.15) is 23.1 Å². The van der Waals surface area contributed by atoms with Gasteiger partial charge in [-0.15, -0.1) is 0 Å². The summed E-state index contributed by atoms with van der Waals surface area (Å²) >= 11 is 0. The average molecular weight is 369 g/mol. The fourth-order valence-electron chi connectivity index (χ4n) is 2.83. The highest BCUT2D eigenvalue weighted by atomic mass is 19.1. The monoisotopic (exact) mass is 369 g/mol. The van der Waals surface area contributed by atoms with Crippen LogP contribution in [0.4, 0.5) is 14.6 Å². The van der Waals surface area contributed by atoms with Crippen LogP contribution in [0.1, 0.15) is 38.6 Å². The first-order valence-corrected chi connectivity index (χ1v) is 8.49. The van der Waals surface area contributed by atoms with E-state index in [1.807, 2.05) is 4.57 Å². The summed E-state index contributed by atoms with van der Waals surface area (Å²) < 4.78 is 29.2. The van der Waals surface area contributed by atoms with Crippen molar-refractivity contribution in [1.82, 2.24) is 19.5 Å². The van der Waals surface area contributed by atoms with Crippen LogP contribution in [0.25, 0.3) is 22.6 Å². The molecule has 1 saturated carbocycles. The molecule has 2 heterocycles. The summed E-state index contributed by atoms with van der Waals surface area (Å²) in [6, 6.07) is 3.39. The molecule has 0 amide bonds. The summed E-state index contributed by atoms with van der Waals surface area (Å²) in [7, 11) is 0. The van der Waals surface area contributed by atoms with Gasteiger partial charge in [-0.1, -0.05) is 5.92 Å². The van der Waals surface area contributed by atoms with Gasteiger partial charge in [-0.2, -0.15) is 0 Å². The van der Waals surface area contributed by atoms with Crippen molar-refractivity contribution in [2.75, 3.05) is 5.73 Å². The van der Waals surface area contributed by atoms with Crippen molar-refractivity contribution >= 4 is 17.0 Å². The maximum atomic E-state index is 13.7. The smallest absolute Gasteiger partial charge is 0.209 e. The van der Waals surface area contributed by atoms with Gasteiger partial charge in [-0.25, -0.2) is 23.7 Å². The van der Waals surface area contributed by atoms with Gasteiger partial charge >= 0.3 is 0 Å². The van der Waals surface area contributed by atoms with Crippen LogP contribution in [0.3, 0.4) is 0 Å². The lowest BCUT2D eigenvalue weighted by atomic mass is 10.1. The first kappa shape index (κ1) is 17.4. The third kappa shape index (κ3) is 3.46. The molecular weight excluding hydrogens is 352 g/mol. The van der Waals surface area contributed by atoms with Crippen LogP contribution in [0.5, 0.6) is 0 Å². The van der Waals surface area contributed by atoms with Crippen molar-refractivity contribution in [3.05, 3.63) is 35.7 Å². The van der Waals surface area contributed by atoms with E-state index >= 15 is 0 Å². The van der Waals surface area contributed by atoms with E-state index < -0.39 is 17.2 Å². The van der Waals surface area contributed by atoms with Gasteiger partial charge in [0.05, 0.1) is 0 Å². The number of aromatic nitrogens is 4. The fraction of sp³-hybridized carbons (Fsp3) is 0.316. The Morgan fingerprint density at radius 2 is 1.81 bits per heavy atom. The summed E-state index contributed by atoms with van der Waals surface area (Å²) in [6.45, 7) is 3.10. The minimum Gasteiger partial charge on any atom is -0.382 e. The molecular formula is C19H17F2N5O. The lowest BCUT2D eigenvalue weighted by Crippen LogP contribution is -2.14. The molecule has 0 unspecified atom stereocenters. The number of aliphatic hydroxyl groups is 1. The van der Waals surface area contributed by atoms with Gasteiger partial charge in [0.15, 0.2) is 17.0 Å². The Kier molecular flexibility index (Phi) is 3.86. The van der Waals surface area contributed by atoms with Gasteiger partial charge in [0.2, 0.25) is 5.82 Å². The van der Waals surface area contributed by atoms with Gasteiger partial charge < -0.3 is 15.4 Å². The first-order chi connectivity index (χ1) is 12.7. The predicted molar refractivity (Wildman–Crippen MR) is 96.5 cm³/mol. The van der Waals surface area contributed by atoms with Crippen LogP contribution in [-0.2, 0) is 0 Å². The zero-order valence-corrected chi connectivity index (χ0v) is 14.8. The van der Waals surface area contributed by atoms with E-state index in [1.165, 1.54) is 12.1 Å². The van der Waals surface area contributed by atoms with E-state index in [2.05, 4.69) is 26.8 Å². The molecule has 2 aromatic heterocycles. The molecule has 8 heteroatoms. The third-order valence-corrected chi connectivity index (χ3v) is 4.08. The lowest BCUT2D eigenvalue weighted by molar-refractivity contribution is 0.143. The number of hydrogen-bond donors (Lipinski definition) is 2. The summed E-state index contributed by atoms with van der Waals surface area (Å²) in [4.78, 5) is 13.0. The number of nitrogens with zero attached hydrogens (tertiary/aromatic N) is 4. The second kappa shape index (κ2) is 5.99. The van der Waals surface area contributed by atoms with Gasteiger partial charge in [0, 0.05) is 17.7 Å². The molecule has 0 radical (unpaired) electrons. The SMILES string of the molecule is CC(C)(O)C#Cc1nc(N)c2nc(-c3cc(F)cc(F)c3)n(C3CC3)c2n1. The topological polar surface area (TPSA) is 89.9 Å². The Hall–Kier alpha value is -3.05. The number of nitrogens with two attached hydrogens (primary N) is 1. The summed E-state index contributed by atoms with van der Waals surface area (Å²) in [5, 5.41) is 9.77. The third-order valence-electron chi connectivity index (χ3n) is 4.08. The van der Waals surface area contributed by atoms with Crippen molar-refractivity contribution in [2.24, 2.45) is 0 Å². The number of nitrogen functional groups attached to an aromatic ring is 1. The van der Waals surface area contributed by atoms with Crippen molar-refractivity contribution < 1.29 is 13.9 Å². The minimum atomic E-state index is -1.20. The van der Waals surface area contributed by atoms with Crippen molar-refractivity contribution in [2.45, 2.75) is 38.3 Å². The van der Waals surface area contributed by atoms with Crippen LogP contribution in [0, 0.1) is 23.5 Å². The van der Waals surface area contributed by atoms with E-state index in [-0.39, 0.29) is 17.7 Å². The number of benzene rings is 1. The van der Waals surface area contributed by atoms with Crippen molar-refractivity contribution in [3.8, 4) is 23.2 Å².